The van der Waals surface area contributed by atoms with Crippen molar-refractivity contribution >= 4 is 28.9 Å². The molecule has 0 radical (unpaired) electrons. The summed E-state index contributed by atoms with van der Waals surface area (Å²) in [7, 11) is 0. The number of nitro groups is 1. The van der Waals surface area contributed by atoms with E-state index in [1.54, 1.807) is 6.07 Å². The Kier molecular flexibility index (Phi) is 4.63. The summed E-state index contributed by atoms with van der Waals surface area (Å²) in [5.41, 5.74) is 1.83. The van der Waals surface area contributed by atoms with Gasteiger partial charge in [0, 0.05) is 23.4 Å². The van der Waals surface area contributed by atoms with E-state index in [0.717, 1.165) is 23.7 Å². The van der Waals surface area contributed by atoms with Gasteiger partial charge in [0.1, 0.15) is 5.75 Å². The van der Waals surface area contributed by atoms with Gasteiger partial charge in [-0.1, -0.05) is 18.5 Å². The van der Waals surface area contributed by atoms with E-state index in [2.05, 4.69) is 26.1 Å². The third-order valence-corrected chi connectivity index (χ3v) is 4.76. The maximum atomic E-state index is 12.4. The quantitative estimate of drug-likeness (QED) is 0.347. The number of anilines is 1. The fourth-order valence-electron chi connectivity index (χ4n) is 3.36. The number of ether oxygens (including phenoxy) is 1. The van der Waals surface area contributed by atoms with Crippen LogP contribution in [0, 0.1) is 10.1 Å². The molecule has 26 heavy (non-hydrogen) atoms. The zero-order chi connectivity index (χ0) is 19.1. The van der Waals surface area contributed by atoms with Crippen molar-refractivity contribution in [3.05, 3.63) is 62.7 Å². The summed E-state index contributed by atoms with van der Waals surface area (Å²) < 4.78 is 5.41. The van der Waals surface area contributed by atoms with Crippen molar-refractivity contribution < 1.29 is 14.5 Å². The molecular formula is C19H19ClN2O4. The summed E-state index contributed by atoms with van der Waals surface area (Å²) in [6, 6.07) is 9.08. The molecule has 3 rings (SSSR count). The van der Waals surface area contributed by atoms with E-state index in [1.165, 1.54) is 12.1 Å². The highest BCUT2D eigenvalue weighted by molar-refractivity contribution is 6.33. The summed E-state index contributed by atoms with van der Waals surface area (Å²) in [5.74, 6) is -0.0404. The number of non-ortho nitro benzene ring substituents is 1. The highest BCUT2D eigenvalue weighted by Gasteiger charge is 2.29. The molecule has 2 aromatic rings. The van der Waals surface area contributed by atoms with Crippen molar-refractivity contribution in [1.29, 1.82) is 0 Å². The average molecular weight is 375 g/mol. The zero-order valence-electron chi connectivity index (χ0n) is 14.7. The first-order valence-electron chi connectivity index (χ1n) is 8.24. The molecule has 6 nitrogen and oxygen atoms in total. The second-order valence-corrected chi connectivity index (χ2v) is 7.58. The Morgan fingerprint density at radius 1 is 1.31 bits per heavy atom. The molecule has 0 amide bonds. The molecule has 0 unspecified atom stereocenters. The molecule has 0 bridgehead atoms. The molecule has 1 heterocycles. The van der Waals surface area contributed by atoms with E-state index in [1.807, 2.05) is 12.1 Å². The largest absolute Gasteiger partial charge is 0.423 e. The van der Waals surface area contributed by atoms with Crippen LogP contribution < -0.4 is 10.1 Å². The van der Waals surface area contributed by atoms with Crippen LogP contribution in [0.4, 0.5) is 11.4 Å². The smallest absolute Gasteiger partial charge is 0.345 e. The SMILES string of the molecule is C[C@@H]1CC(C)(C)Nc2ccc(OC(=O)c3cc([N+](=O)[O-])ccc3Cl)cc21. The minimum absolute atomic E-state index is 0.00110. The number of nitrogens with one attached hydrogen (secondary N) is 1. The Labute approximate surface area is 156 Å². The van der Waals surface area contributed by atoms with Gasteiger partial charge in [0.05, 0.1) is 15.5 Å². The van der Waals surface area contributed by atoms with Crippen molar-refractivity contribution in [3.8, 4) is 5.75 Å². The van der Waals surface area contributed by atoms with Crippen LogP contribution in [0.1, 0.15) is 49.0 Å². The number of nitrogens with zero attached hydrogens (tertiary/aromatic N) is 1. The number of rotatable bonds is 3. The van der Waals surface area contributed by atoms with Crippen LogP contribution in [0.3, 0.4) is 0 Å². The predicted octanol–water partition coefficient (Wildman–Crippen LogP) is 5.17. The van der Waals surface area contributed by atoms with Crippen molar-refractivity contribution in [2.24, 2.45) is 0 Å². The lowest BCUT2D eigenvalue weighted by molar-refractivity contribution is -0.384. The van der Waals surface area contributed by atoms with Crippen LogP contribution in [-0.4, -0.2) is 16.4 Å². The molecule has 1 atom stereocenters. The van der Waals surface area contributed by atoms with E-state index in [9.17, 15) is 14.9 Å². The van der Waals surface area contributed by atoms with E-state index in [4.69, 9.17) is 16.3 Å². The molecule has 2 aromatic carbocycles. The maximum Gasteiger partial charge on any atom is 0.345 e. The van der Waals surface area contributed by atoms with E-state index in [-0.39, 0.29) is 21.8 Å². The molecule has 0 spiro atoms. The number of esters is 1. The molecule has 1 aliphatic heterocycles. The average Bonchev–Trinajstić information content (AvgIpc) is 2.54. The van der Waals surface area contributed by atoms with Crippen LogP contribution in [0.15, 0.2) is 36.4 Å². The van der Waals surface area contributed by atoms with E-state index >= 15 is 0 Å². The Morgan fingerprint density at radius 3 is 2.73 bits per heavy atom. The Balaban J connectivity index is 1.86. The second kappa shape index (κ2) is 6.61. The molecule has 0 saturated carbocycles. The number of fused-ring (bicyclic) bond motifs is 1. The fraction of sp³-hybridized carbons (Fsp3) is 0.316. The van der Waals surface area contributed by atoms with Gasteiger partial charge < -0.3 is 10.1 Å². The lowest BCUT2D eigenvalue weighted by Gasteiger charge is -2.37. The minimum atomic E-state index is -0.726. The normalized spacial score (nSPS) is 17.8. The summed E-state index contributed by atoms with van der Waals surface area (Å²) in [6.45, 7) is 6.42. The molecule has 1 N–H and O–H groups in total. The minimum Gasteiger partial charge on any atom is -0.423 e. The lowest BCUT2D eigenvalue weighted by Crippen LogP contribution is -2.36. The predicted molar refractivity (Wildman–Crippen MR) is 100 cm³/mol. The molecule has 136 valence electrons. The summed E-state index contributed by atoms with van der Waals surface area (Å²) >= 11 is 6.00. The third kappa shape index (κ3) is 3.65. The monoisotopic (exact) mass is 374 g/mol. The van der Waals surface area contributed by atoms with Crippen molar-refractivity contribution in [2.75, 3.05) is 5.32 Å². The van der Waals surface area contributed by atoms with Crippen molar-refractivity contribution in [3.63, 3.8) is 0 Å². The maximum absolute atomic E-state index is 12.4. The molecule has 0 saturated heterocycles. The van der Waals surface area contributed by atoms with E-state index < -0.39 is 10.9 Å². The van der Waals surface area contributed by atoms with Gasteiger partial charge >= 0.3 is 5.97 Å². The number of carbonyl (C=O) groups excluding carboxylic acids is 1. The fourth-order valence-corrected chi connectivity index (χ4v) is 3.56. The Morgan fingerprint density at radius 2 is 2.04 bits per heavy atom. The van der Waals surface area contributed by atoms with Gasteiger partial charge in [-0.2, -0.15) is 0 Å². The van der Waals surface area contributed by atoms with Gasteiger partial charge in [-0.3, -0.25) is 10.1 Å². The standard InChI is InChI=1S/C19H19ClN2O4/c1-11-10-19(2,3)21-17-7-5-13(9-14(11)17)26-18(23)15-8-12(22(24)25)4-6-16(15)20/h4-9,11,21H,10H2,1-3H3/t11-/m1/s1. The van der Waals surface area contributed by atoms with Crippen LogP contribution >= 0.6 is 11.6 Å². The van der Waals surface area contributed by atoms with Gasteiger partial charge in [-0.05, 0) is 56.0 Å². The van der Waals surface area contributed by atoms with Gasteiger partial charge in [0.25, 0.3) is 5.69 Å². The molecule has 0 fully saturated rings. The van der Waals surface area contributed by atoms with Gasteiger partial charge in [0.15, 0.2) is 0 Å². The van der Waals surface area contributed by atoms with Gasteiger partial charge in [0.2, 0.25) is 0 Å². The Bertz CT molecular complexity index is 895. The second-order valence-electron chi connectivity index (χ2n) is 7.17. The first-order chi connectivity index (χ1) is 12.2. The van der Waals surface area contributed by atoms with Crippen LogP contribution in [0.5, 0.6) is 5.75 Å². The van der Waals surface area contributed by atoms with Crippen LogP contribution in [0.2, 0.25) is 5.02 Å². The number of hydrogen-bond donors (Lipinski definition) is 1. The molecule has 0 aromatic heterocycles. The Hall–Kier alpha value is -2.60. The number of carbonyl (C=O) groups is 1. The summed E-state index contributed by atoms with van der Waals surface area (Å²) in [4.78, 5) is 22.7. The highest BCUT2D eigenvalue weighted by Crippen LogP contribution is 2.40. The summed E-state index contributed by atoms with van der Waals surface area (Å²) in [6.07, 6.45) is 0.952. The van der Waals surface area contributed by atoms with Crippen molar-refractivity contribution in [2.45, 2.75) is 38.6 Å². The first kappa shape index (κ1) is 18.2. The molecule has 1 aliphatic rings. The van der Waals surface area contributed by atoms with Crippen LogP contribution in [-0.2, 0) is 0 Å². The third-order valence-electron chi connectivity index (χ3n) is 4.43. The number of nitro benzene ring substituents is 1. The van der Waals surface area contributed by atoms with Crippen LogP contribution in [0.25, 0.3) is 0 Å². The number of benzene rings is 2. The number of halogens is 1. The van der Waals surface area contributed by atoms with E-state index in [0.29, 0.717) is 11.7 Å². The highest BCUT2D eigenvalue weighted by atomic mass is 35.5. The molecule has 0 aliphatic carbocycles. The number of hydrogen-bond acceptors (Lipinski definition) is 5. The van der Waals surface area contributed by atoms with Crippen molar-refractivity contribution in [1.82, 2.24) is 0 Å². The topological polar surface area (TPSA) is 81.5 Å². The molecule has 7 heteroatoms. The lowest BCUT2D eigenvalue weighted by atomic mass is 9.82. The first-order valence-corrected chi connectivity index (χ1v) is 8.62. The molecular weight excluding hydrogens is 356 g/mol. The zero-order valence-corrected chi connectivity index (χ0v) is 15.5. The summed E-state index contributed by atoms with van der Waals surface area (Å²) in [5, 5.41) is 14.5. The van der Waals surface area contributed by atoms with Gasteiger partial charge in [-0.15, -0.1) is 0 Å². The van der Waals surface area contributed by atoms with Gasteiger partial charge in [-0.25, -0.2) is 4.79 Å².